The number of hydrogen-bond acceptors (Lipinski definition) is 6. The lowest BCUT2D eigenvalue weighted by atomic mass is 9.90. The van der Waals surface area contributed by atoms with Gasteiger partial charge in [0.05, 0.1) is 41.7 Å². The molecule has 1 saturated carbocycles. The lowest BCUT2D eigenvalue weighted by molar-refractivity contribution is 0.0697. The van der Waals surface area contributed by atoms with Gasteiger partial charge in [-0.2, -0.15) is 4.98 Å². The highest BCUT2D eigenvalue weighted by molar-refractivity contribution is 5.92. The zero-order valence-electron chi connectivity index (χ0n) is 24.2. The number of fused-ring (bicyclic) bond motifs is 1. The number of anilines is 1. The van der Waals surface area contributed by atoms with Crippen molar-refractivity contribution in [3.05, 3.63) is 107 Å². The number of imidazole rings is 2. The van der Waals surface area contributed by atoms with Crippen molar-refractivity contribution >= 4 is 28.5 Å². The second-order valence-electron chi connectivity index (χ2n) is 11.7. The molecular formula is C33H30FN7O3. The molecule has 10 nitrogen and oxygen atoms in total. The third-order valence-corrected chi connectivity index (χ3v) is 9.10. The normalized spacial score (nSPS) is 17.1. The molecule has 3 aromatic heterocycles. The van der Waals surface area contributed by atoms with Crippen LogP contribution in [0.3, 0.4) is 0 Å². The Kier molecular flexibility index (Phi) is 6.77. The van der Waals surface area contributed by atoms with Gasteiger partial charge in [-0.15, -0.1) is 0 Å². The molecule has 2 aromatic carbocycles. The highest BCUT2D eigenvalue weighted by Gasteiger charge is 2.57. The molecule has 222 valence electrons. The van der Waals surface area contributed by atoms with E-state index in [9.17, 15) is 14.3 Å². The van der Waals surface area contributed by atoms with Crippen molar-refractivity contribution in [2.45, 2.75) is 38.3 Å². The van der Waals surface area contributed by atoms with E-state index in [2.05, 4.69) is 19.3 Å². The smallest absolute Gasteiger partial charge is 0.335 e. The number of aromatic carboxylic acids is 1. The first-order valence-electron chi connectivity index (χ1n) is 14.5. The molecule has 44 heavy (non-hydrogen) atoms. The van der Waals surface area contributed by atoms with E-state index in [0.717, 1.165) is 60.7 Å². The SMILES string of the molecule is [C-]#[N+]c1ccc(COc2cccc(N3CCC4(CC3)CC4c3nc4ccc(C(=O)O)cc4n3Cc3cncn3C)n2)c(F)c1. The van der Waals surface area contributed by atoms with Gasteiger partial charge in [0.15, 0.2) is 5.69 Å². The van der Waals surface area contributed by atoms with Gasteiger partial charge < -0.3 is 23.9 Å². The highest BCUT2D eigenvalue weighted by atomic mass is 19.1. The molecule has 11 heteroatoms. The summed E-state index contributed by atoms with van der Waals surface area (Å²) in [4.78, 5) is 31.3. The van der Waals surface area contributed by atoms with Crippen molar-refractivity contribution in [1.29, 1.82) is 0 Å². The summed E-state index contributed by atoms with van der Waals surface area (Å²) in [5.74, 6) is 1.11. The molecule has 2 aliphatic rings. The Labute approximate surface area is 253 Å². The number of carboxylic acid groups (broad SMARTS) is 1. The fourth-order valence-electron chi connectivity index (χ4n) is 6.39. The number of aryl methyl sites for hydroxylation is 1. The van der Waals surface area contributed by atoms with E-state index in [1.54, 1.807) is 42.7 Å². The first-order valence-corrected chi connectivity index (χ1v) is 14.5. The number of rotatable bonds is 8. The average molecular weight is 592 g/mol. The number of nitrogens with zero attached hydrogens (tertiary/aromatic N) is 7. The number of hydrogen-bond donors (Lipinski definition) is 1. The maximum atomic E-state index is 14.3. The molecule has 0 amide bonds. The van der Waals surface area contributed by atoms with Gasteiger partial charge in [0.1, 0.15) is 24.1 Å². The Morgan fingerprint density at radius 2 is 2.00 bits per heavy atom. The van der Waals surface area contributed by atoms with E-state index in [-0.39, 0.29) is 29.2 Å². The Morgan fingerprint density at radius 3 is 2.73 bits per heavy atom. The molecule has 1 N–H and O–H groups in total. The largest absolute Gasteiger partial charge is 0.478 e. The van der Waals surface area contributed by atoms with Crippen LogP contribution in [0.25, 0.3) is 15.9 Å². The topological polar surface area (TPSA) is 103 Å². The van der Waals surface area contributed by atoms with E-state index in [1.165, 1.54) is 6.07 Å². The second kappa shape index (κ2) is 10.8. The van der Waals surface area contributed by atoms with Crippen molar-refractivity contribution in [3.8, 4) is 5.88 Å². The zero-order valence-corrected chi connectivity index (χ0v) is 24.2. The standard InChI is InChI=1S/C33H30FN7O3/c1-35-23-8-6-22(26(34)15-23)19-44-30-5-3-4-29(38-30)40-12-10-33(11-13-40)16-25(33)31-37-27-9-7-21(32(42)43)14-28(27)41(31)18-24-17-36-20-39(24)2/h3-9,14-15,17,20,25H,10-13,16,18-19H2,2H3,(H,42,43). The number of carbonyl (C=O) groups is 1. The maximum absolute atomic E-state index is 14.3. The molecule has 1 atom stereocenters. The molecule has 2 fully saturated rings. The summed E-state index contributed by atoms with van der Waals surface area (Å²) >= 11 is 0. The van der Waals surface area contributed by atoms with Gasteiger partial charge in [-0.3, -0.25) is 0 Å². The summed E-state index contributed by atoms with van der Waals surface area (Å²) in [7, 11) is 1.96. The Morgan fingerprint density at radius 1 is 1.16 bits per heavy atom. The van der Waals surface area contributed by atoms with Gasteiger partial charge in [0.2, 0.25) is 5.88 Å². The number of halogens is 1. The van der Waals surface area contributed by atoms with E-state index < -0.39 is 11.8 Å². The summed E-state index contributed by atoms with van der Waals surface area (Å²) in [5, 5.41) is 9.62. The van der Waals surface area contributed by atoms with Crippen molar-refractivity contribution in [1.82, 2.24) is 24.1 Å². The number of aromatic nitrogens is 5. The van der Waals surface area contributed by atoms with Gasteiger partial charge >= 0.3 is 5.97 Å². The van der Waals surface area contributed by atoms with Gasteiger partial charge in [0, 0.05) is 43.9 Å². The van der Waals surface area contributed by atoms with Crippen molar-refractivity contribution in [3.63, 3.8) is 0 Å². The molecule has 5 aromatic rings. The fraction of sp³-hybridized carbons (Fsp3) is 0.303. The van der Waals surface area contributed by atoms with Crippen LogP contribution in [0.5, 0.6) is 5.88 Å². The van der Waals surface area contributed by atoms with Crippen LogP contribution in [-0.4, -0.2) is 48.3 Å². The predicted octanol–water partition coefficient (Wildman–Crippen LogP) is 5.95. The third kappa shape index (κ3) is 5.02. The molecule has 1 unspecified atom stereocenters. The van der Waals surface area contributed by atoms with E-state index in [4.69, 9.17) is 21.3 Å². The molecule has 1 aliphatic carbocycles. The van der Waals surface area contributed by atoms with E-state index in [0.29, 0.717) is 18.0 Å². The number of piperidine rings is 1. The highest BCUT2D eigenvalue weighted by Crippen LogP contribution is 2.65. The Hall–Kier alpha value is -5.24. The first kappa shape index (κ1) is 27.6. The van der Waals surface area contributed by atoms with Crippen LogP contribution in [0, 0.1) is 17.8 Å². The molecule has 0 radical (unpaired) electrons. The number of carboxylic acids is 1. The molecule has 1 aliphatic heterocycles. The predicted molar refractivity (Wildman–Crippen MR) is 161 cm³/mol. The lowest BCUT2D eigenvalue weighted by Crippen LogP contribution is -2.35. The van der Waals surface area contributed by atoms with Crippen molar-refractivity contribution < 1.29 is 19.0 Å². The summed E-state index contributed by atoms with van der Waals surface area (Å²) < 4.78 is 24.3. The second-order valence-corrected chi connectivity index (χ2v) is 11.7. The minimum absolute atomic E-state index is 0.0269. The van der Waals surface area contributed by atoms with Crippen molar-refractivity contribution in [2.75, 3.05) is 18.0 Å². The number of pyridine rings is 1. The van der Waals surface area contributed by atoms with Gasteiger partial charge in [-0.25, -0.2) is 24.0 Å². The quantitative estimate of drug-likeness (QED) is 0.222. The number of benzene rings is 2. The van der Waals surface area contributed by atoms with Gasteiger partial charge in [0.25, 0.3) is 0 Å². The summed E-state index contributed by atoms with van der Waals surface area (Å²) in [6.45, 7) is 9.30. The van der Waals surface area contributed by atoms with Gasteiger partial charge in [-0.05, 0) is 55.0 Å². The fourth-order valence-corrected chi connectivity index (χ4v) is 6.39. The van der Waals surface area contributed by atoms with Crippen LogP contribution in [0.15, 0.2) is 67.1 Å². The van der Waals surface area contributed by atoms with Crippen LogP contribution in [0.1, 0.15) is 52.6 Å². The Bertz CT molecular complexity index is 1930. The van der Waals surface area contributed by atoms with Crippen LogP contribution in [0.2, 0.25) is 0 Å². The first-order chi connectivity index (χ1) is 21.3. The lowest BCUT2D eigenvalue weighted by Gasteiger charge is -2.34. The molecule has 0 bridgehead atoms. The summed E-state index contributed by atoms with van der Waals surface area (Å²) in [6, 6.07) is 15.1. The third-order valence-electron chi connectivity index (χ3n) is 9.10. The van der Waals surface area contributed by atoms with Crippen molar-refractivity contribution in [2.24, 2.45) is 12.5 Å². The van der Waals surface area contributed by atoms with E-state index in [1.807, 2.05) is 29.9 Å². The minimum atomic E-state index is -0.956. The molecule has 4 heterocycles. The zero-order chi connectivity index (χ0) is 30.4. The van der Waals surface area contributed by atoms with Crippen LogP contribution >= 0.6 is 0 Å². The van der Waals surface area contributed by atoms with Gasteiger partial charge in [-0.1, -0.05) is 18.2 Å². The van der Waals surface area contributed by atoms with E-state index >= 15 is 0 Å². The molecular weight excluding hydrogens is 561 g/mol. The molecule has 1 spiro atoms. The number of ether oxygens (including phenoxy) is 1. The van der Waals surface area contributed by atoms with Crippen LogP contribution in [0.4, 0.5) is 15.9 Å². The van der Waals surface area contributed by atoms with Crippen LogP contribution < -0.4 is 9.64 Å². The minimum Gasteiger partial charge on any atom is -0.478 e. The molecule has 1 saturated heterocycles. The molecule has 7 rings (SSSR count). The Balaban J connectivity index is 1.07. The monoisotopic (exact) mass is 591 g/mol. The maximum Gasteiger partial charge on any atom is 0.335 e. The van der Waals surface area contributed by atoms with Crippen LogP contribution in [-0.2, 0) is 20.2 Å². The average Bonchev–Trinajstić information content (AvgIpc) is 3.36. The summed E-state index contributed by atoms with van der Waals surface area (Å²) in [5.41, 5.74) is 3.66. The summed E-state index contributed by atoms with van der Waals surface area (Å²) in [6.07, 6.45) is 6.61.